The number of β-amino-alcohol motifs (C(OH)–C–C–N with tert-alkyl or cyclic N) is 1. The fourth-order valence-electron chi connectivity index (χ4n) is 2.75. The van der Waals surface area contributed by atoms with E-state index < -0.39 is 0 Å². The monoisotopic (exact) mass is 274 g/mol. The second kappa shape index (κ2) is 7.58. The summed E-state index contributed by atoms with van der Waals surface area (Å²) in [6, 6.07) is 10.9. The maximum atomic E-state index is 9.49. The van der Waals surface area contributed by atoms with E-state index in [-0.39, 0.29) is 6.10 Å². The van der Waals surface area contributed by atoms with Gasteiger partial charge in [-0.25, -0.2) is 0 Å². The molecule has 20 heavy (non-hydrogen) atoms. The third-order valence-corrected chi connectivity index (χ3v) is 3.82. The fraction of sp³-hybridized carbons (Fsp3) is 0.529. The maximum Gasteiger partial charge on any atom is 0.0639 e. The molecule has 3 nitrogen and oxygen atoms in total. The van der Waals surface area contributed by atoms with Crippen LogP contribution in [-0.4, -0.2) is 59.8 Å². The highest BCUT2D eigenvalue weighted by molar-refractivity contribution is 5.48. The van der Waals surface area contributed by atoms with E-state index in [4.69, 9.17) is 0 Å². The highest BCUT2D eigenvalue weighted by Crippen LogP contribution is 2.10. The largest absolute Gasteiger partial charge is 0.392 e. The molecule has 2 rings (SSSR count). The fourth-order valence-corrected chi connectivity index (χ4v) is 2.75. The molecule has 0 spiro atoms. The maximum absolute atomic E-state index is 9.49. The molecule has 0 unspecified atom stereocenters. The highest BCUT2D eigenvalue weighted by Gasteiger charge is 2.23. The molecule has 0 aliphatic carbocycles. The zero-order valence-electron chi connectivity index (χ0n) is 12.6. The van der Waals surface area contributed by atoms with Gasteiger partial charge in [0.05, 0.1) is 6.10 Å². The van der Waals surface area contributed by atoms with Crippen molar-refractivity contribution in [1.82, 2.24) is 9.80 Å². The van der Waals surface area contributed by atoms with Crippen LogP contribution in [0.1, 0.15) is 19.4 Å². The van der Waals surface area contributed by atoms with Crippen molar-refractivity contribution in [3.8, 4) is 0 Å². The topological polar surface area (TPSA) is 26.7 Å². The number of aliphatic hydroxyl groups excluding tert-OH is 1. The molecule has 0 saturated carbocycles. The van der Waals surface area contributed by atoms with Crippen LogP contribution < -0.4 is 0 Å². The molecule has 2 atom stereocenters. The van der Waals surface area contributed by atoms with Gasteiger partial charge in [0, 0.05) is 38.8 Å². The van der Waals surface area contributed by atoms with Gasteiger partial charge in [0.1, 0.15) is 0 Å². The van der Waals surface area contributed by atoms with Gasteiger partial charge < -0.3 is 5.11 Å². The quantitative estimate of drug-likeness (QED) is 0.890. The van der Waals surface area contributed by atoms with E-state index in [1.54, 1.807) is 0 Å². The Bertz CT molecular complexity index is 416. The van der Waals surface area contributed by atoms with Crippen molar-refractivity contribution < 1.29 is 5.11 Å². The number of hydrogen-bond donors (Lipinski definition) is 1. The average molecular weight is 274 g/mol. The molecule has 1 N–H and O–H groups in total. The van der Waals surface area contributed by atoms with Crippen molar-refractivity contribution in [3.63, 3.8) is 0 Å². The summed E-state index contributed by atoms with van der Waals surface area (Å²) in [6.45, 7) is 9.10. The van der Waals surface area contributed by atoms with E-state index in [1.165, 1.54) is 5.56 Å². The van der Waals surface area contributed by atoms with Crippen LogP contribution in [0.25, 0.3) is 6.08 Å². The van der Waals surface area contributed by atoms with Crippen LogP contribution >= 0.6 is 0 Å². The molecule has 1 aliphatic heterocycles. The zero-order chi connectivity index (χ0) is 14.4. The van der Waals surface area contributed by atoms with E-state index in [1.807, 2.05) is 13.0 Å². The van der Waals surface area contributed by atoms with E-state index in [0.717, 1.165) is 32.7 Å². The zero-order valence-corrected chi connectivity index (χ0v) is 12.6. The normalized spacial score (nSPS) is 23.2. The van der Waals surface area contributed by atoms with Crippen LogP contribution in [-0.2, 0) is 0 Å². The van der Waals surface area contributed by atoms with Gasteiger partial charge in [0.2, 0.25) is 0 Å². The Hall–Kier alpha value is -1.16. The van der Waals surface area contributed by atoms with Crippen LogP contribution in [0.4, 0.5) is 0 Å². The molecule has 1 aromatic rings. The van der Waals surface area contributed by atoms with Gasteiger partial charge in [-0.2, -0.15) is 0 Å². The summed E-state index contributed by atoms with van der Waals surface area (Å²) in [5, 5.41) is 9.49. The van der Waals surface area contributed by atoms with E-state index in [0.29, 0.717) is 6.04 Å². The predicted octanol–water partition coefficient (Wildman–Crippen LogP) is 2.09. The van der Waals surface area contributed by atoms with Crippen LogP contribution in [0.2, 0.25) is 0 Å². The molecule has 0 aromatic heterocycles. The SMILES string of the molecule is C[C@H](O)CN1CCN(C/C=C\c2ccccc2)C[C@@H]1C. The minimum atomic E-state index is -0.234. The highest BCUT2D eigenvalue weighted by atomic mass is 16.3. The first-order valence-electron chi connectivity index (χ1n) is 7.51. The Balaban J connectivity index is 1.77. The molecule has 1 aliphatic rings. The molecular weight excluding hydrogens is 248 g/mol. The lowest BCUT2D eigenvalue weighted by Gasteiger charge is -2.40. The van der Waals surface area contributed by atoms with Crippen LogP contribution in [0, 0.1) is 0 Å². The Morgan fingerprint density at radius 1 is 1.30 bits per heavy atom. The Morgan fingerprint density at radius 2 is 2.05 bits per heavy atom. The molecule has 0 radical (unpaired) electrons. The summed E-state index contributed by atoms with van der Waals surface area (Å²) < 4.78 is 0. The smallest absolute Gasteiger partial charge is 0.0639 e. The number of aliphatic hydroxyl groups is 1. The lowest BCUT2D eigenvalue weighted by molar-refractivity contribution is 0.0495. The first-order chi connectivity index (χ1) is 9.65. The second-order valence-corrected chi connectivity index (χ2v) is 5.77. The molecule has 0 amide bonds. The van der Waals surface area contributed by atoms with E-state index >= 15 is 0 Å². The van der Waals surface area contributed by atoms with Crippen molar-refractivity contribution in [3.05, 3.63) is 42.0 Å². The summed E-state index contributed by atoms with van der Waals surface area (Å²) in [4.78, 5) is 4.85. The third-order valence-electron chi connectivity index (χ3n) is 3.82. The molecule has 1 aromatic carbocycles. The van der Waals surface area contributed by atoms with Crippen LogP contribution in [0.3, 0.4) is 0 Å². The van der Waals surface area contributed by atoms with Gasteiger partial charge in [0.25, 0.3) is 0 Å². The summed E-state index contributed by atoms with van der Waals surface area (Å²) >= 11 is 0. The number of hydrogen-bond acceptors (Lipinski definition) is 3. The standard InChI is InChI=1S/C17H26N2O/c1-15-13-18(11-12-19(15)14-16(2)20)10-6-9-17-7-4-3-5-8-17/h3-9,15-16,20H,10-14H2,1-2H3/b9-6-/t15-,16-/m0/s1. The molecule has 1 heterocycles. The van der Waals surface area contributed by atoms with Gasteiger partial charge in [-0.15, -0.1) is 0 Å². The van der Waals surface area contributed by atoms with Crippen molar-refractivity contribution in [2.24, 2.45) is 0 Å². The van der Waals surface area contributed by atoms with Gasteiger partial charge in [0.15, 0.2) is 0 Å². The van der Waals surface area contributed by atoms with Gasteiger partial charge >= 0.3 is 0 Å². The van der Waals surface area contributed by atoms with Crippen molar-refractivity contribution in [2.45, 2.75) is 26.0 Å². The Morgan fingerprint density at radius 3 is 2.70 bits per heavy atom. The lowest BCUT2D eigenvalue weighted by Crippen LogP contribution is -2.53. The molecule has 1 fully saturated rings. The second-order valence-electron chi connectivity index (χ2n) is 5.77. The summed E-state index contributed by atoms with van der Waals surface area (Å²) in [6.07, 6.45) is 4.20. The van der Waals surface area contributed by atoms with Crippen LogP contribution in [0.5, 0.6) is 0 Å². The number of nitrogens with zero attached hydrogens (tertiary/aromatic N) is 2. The van der Waals surface area contributed by atoms with Crippen molar-refractivity contribution in [2.75, 3.05) is 32.7 Å². The molecular formula is C17H26N2O. The van der Waals surface area contributed by atoms with Crippen molar-refractivity contribution >= 4 is 6.08 Å². The molecule has 1 saturated heterocycles. The van der Waals surface area contributed by atoms with E-state index in [9.17, 15) is 5.11 Å². The molecule has 110 valence electrons. The minimum absolute atomic E-state index is 0.234. The third kappa shape index (κ3) is 4.75. The Kier molecular flexibility index (Phi) is 5.77. The van der Waals surface area contributed by atoms with Crippen LogP contribution in [0.15, 0.2) is 36.4 Å². The van der Waals surface area contributed by atoms with E-state index in [2.05, 4.69) is 53.1 Å². The number of rotatable bonds is 5. The Labute approximate surface area is 122 Å². The van der Waals surface area contributed by atoms with Gasteiger partial charge in [-0.1, -0.05) is 42.5 Å². The first-order valence-corrected chi connectivity index (χ1v) is 7.51. The first kappa shape index (κ1) is 15.2. The van der Waals surface area contributed by atoms with Gasteiger partial charge in [-0.3, -0.25) is 9.80 Å². The average Bonchev–Trinajstić information content (AvgIpc) is 2.43. The number of piperazine rings is 1. The van der Waals surface area contributed by atoms with Gasteiger partial charge in [-0.05, 0) is 19.4 Å². The van der Waals surface area contributed by atoms with Crippen molar-refractivity contribution in [1.29, 1.82) is 0 Å². The lowest BCUT2D eigenvalue weighted by atomic mass is 10.1. The summed E-state index contributed by atoms with van der Waals surface area (Å²) in [5.41, 5.74) is 1.26. The predicted molar refractivity (Wildman–Crippen MR) is 84.6 cm³/mol. The summed E-state index contributed by atoms with van der Waals surface area (Å²) in [7, 11) is 0. The molecule has 3 heteroatoms. The number of benzene rings is 1. The minimum Gasteiger partial charge on any atom is -0.392 e. The summed E-state index contributed by atoms with van der Waals surface area (Å²) in [5.74, 6) is 0. The molecule has 0 bridgehead atoms.